The Morgan fingerprint density at radius 2 is 2.00 bits per heavy atom. The van der Waals surface area contributed by atoms with Gasteiger partial charge in [-0.05, 0) is 36.4 Å². The van der Waals surface area contributed by atoms with E-state index in [2.05, 4.69) is 20.9 Å². The minimum Gasteiger partial charge on any atom is -0.507 e. The van der Waals surface area contributed by atoms with Gasteiger partial charge in [0.05, 0.1) is 5.02 Å². The van der Waals surface area contributed by atoms with E-state index < -0.39 is 5.97 Å². The molecule has 0 aliphatic carbocycles. The van der Waals surface area contributed by atoms with Crippen molar-refractivity contribution in [3.8, 4) is 5.75 Å². The molecule has 0 radical (unpaired) electrons. The third-order valence-electron chi connectivity index (χ3n) is 3.69. The Labute approximate surface area is 170 Å². The average Bonchev–Trinajstić information content (AvgIpc) is 3.11. The van der Waals surface area contributed by atoms with E-state index in [9.17, 15) is 9.90 Å². The number of aromatic hydroxyl groups is 1. The number of esters is 1. The first-order valence-corrected chi connectivity index (χ1v) is 9.68. The Morgan fingerprint density at radius 3 is 2.81 bits per heavy atom. The van der Waals surface area contributed by atoms with Crippen LogP contribution in [0.1, 0.15) is 10.4 Å². The van der Waals surface area contributed by atoms with Crippen LogP contribution in [0.4, 0.5) is 0 Å². The van der Waals surface area contributed by atoms with Gasteiger partial charge in [0.25, 0.3) is 0 Å². The number of cyclic esters (lactones) is 1. The molecule has 4 nitrogen and oxygen atoms in total. The molecule has 0 atom stereocenters. The van der Waals surface area contributed by atoms with Crippen molar-refractivity contribution in [3.63, 3.8) is 0 Å². The lowest BCUT2D eigenvalue weighted by atomic mass is 10.1. The molecule has 4 rings (SSSR count). The quantitative estimate of drug-likeness (QED) is 0.369. The molecular weight excluding hydrogens is 461 g/mol. The maximum Gasteiger partial charge on any atom is 0.363 e. The van der Waals surface area contributed by atoms with Gasteiger partial charge in [-0.25, -0.2) is 9.79 Å². The smallest absolute Gasteiger partial charge is 0.363 e. The summed E-state index contributed by atoms with van der Waals surface area (Å²) in [5.41, 5.74) is 0.533. The van der Waals surface area contributed by atoms with Crippen LogP contribution in [0.25, 0.3) is 16.2 Å². The monoisotopic (exact) mass is 467 g/mol. The molecule has 0 saturated heterocycles. The Bertz CT molecular complexity index is 1140. The van der Waals surface area contributed by atoms with E-state index in [0.29, 0.717) is 20.5 Å². The summed E-state index contributed by atoms with van der Waals surface area (Å²) in [7, 11) is 0. The fourth-order valence-electron chi connectivity index (χ4n) is 2.47. The summed E-state index contributed by atoms with van der Waals surface area (Å²) < 4.78 is 6.92. The second kappa shape index (κ2) is 6.70. The summed E-state index contributed by atoms with van der Waals surface area (Å²) in [4.78, 5) is 17.0. The van der Waals surface area contributed by atoms with Gasteiger partial charge in [0.1, 0.15) is 10.6 Å². The molecule has 0 unspecified atom stereocenters. The molecule has 0 amide bonds. The number of hydrogen-bond donors (Lipinski definition) is 1. The minimum atomic E-state index is -0.606. The number of aliphatic imine (C=N–C) groups is 1. The van der Waals surface area contributed by atoms with E-state index >= 15 is 0 Å². The summed E-state index contributed by atoms with van der Waals surface area (Å²) in [6.07, 6.45) is 1.47. The van der Waals surface area contributed by atoms with E-state index in [-0.39, 0.29) is 17.3 Å². The molecule has 26 heavy (non-hydrogen) atoms. The first-order valence-electron chi connectivity index (χ1n) is 7.31. The number of rotatable bonds is 2. The molecule has 2 aromatic carbocycles. The zero-order chi connectivity index (χ0) is 18.4. The van der Waals surface area contributed by atoms with Crippen molar-refractivity contribution >= 4 is 78.5 Å². The maximum atomic E-state index is 12.2. The molecular formula is C18H8BrCl2NO3S. The fraction of sp³-hybridized carbons (Fsp3) is 0. The van der Waals surface area contributed by atoms with Gasteiger partial charge >= 0.3 is 5.97 Å². The third-order valence-corrected chi connectivity index (χ3v) is 6.06. The number of fused-ring (bicyclic) bond motifs is 1. The highest BCUT2D eigenvalue weighted by Crippen LogP contribution is 2.38. The maximum absolute atomic E-state index is 12.2. The fourth-order valence-corrected chi connectivity index (χ4v) is 4.56. The summed E-state index contributed by atoms with van der Waals surface area (Å²) in [6, 6.07) is 10.3. The zero-order valence-corrected chi connectivity index (χ0v) is 16.7. The first-order chi connectivity index (χ1) is 12.4. The zero-order valence-electron chi connectivity index (χ0n) is 12.8. The molecule has 3 aromatic rings. The van der Waals surface area contributed by atoms with Gasteiger partial charge in [-0.3, -0.25) is 0 Å². The van der Waals surface area contributed by atoms with Crippen LogP contribution in [0.3, 0.4) is 0 Å². The number of phenols is 1. The van der Waals surface area contributed by atoms with E-state index in [1.807, 2.05) is 6.07 Å². The van der Waals surface area contributed by atoms with Gasteiger partial charge < -0.3 is 9.84 Å². The standard InChI is InChI=1S/C18H8BrCl2NO3S/c19-9-1-4-13(23)8(5-9)6-12-18(24)25-17(22-12)16-15(21)11-3-2-10(20)7-14(11)26-16/h1-7,23H/b12-6+. The van der Waals surface area contributed by atoms with Crippen LogP contribution in [0.5, 0.6) is 5.75 Å². The average molecular weight is 469 g/mol. The number of phenolic OH excluding ortho intramolecular Hbond substituents is 1. The first kappa shape index (κ1) is 17.5. The Kier molecular flexibility index (Phi) is 4.52. The summed E-state index contributed by atoms with van der Waals surface area (Å²) in [5, 5.41) is 11.8. The number of hydrogen-bond acceptors (Lipinski definition) is 5. The number of nitrogens with zero attached hydrogens (tertiary/aromatic N) is 1. The molecule has 0 fully saturated rings. The van der Waals surface area contributed by atoms with Crippen LogP contribution < -0.4 is 0 Å². The van der Waals surface area contributed by atoms with Crippen LogP contribution in [-0.2, 0) is 9.53 Å². The van der Waals surface area contributed by atoms with Crippen molar-refractivity contribution in [2.75, 3.05) is 0 Å². The van der Waals surface area contributed by atoms with Crippen molar-refractivity contribution < 1.29 is 14.6 Å². The lowest BCUT2D eigenvalue weighted by molar-refractivity contribution is -0.129. The molecule has 1 aliphatic heterocycles. The molecule has 1 N–H and O–H groups in total. The largest absolute Gasteiger partial charge is 0.507 e. The molecule has 1 aliphatic rings. The summed E-state index contributed by atoms with van der Waals surface area (Å²) >= 11 is 17.1. The summed E-state index contributed by atoms with van der Waals surface area (Å²) in [6.45, 7) is 0. The van der Waals surface area contributed by atoms with Gasteiger partial charge in [-0.2, -0.15) is 0 Å². The Morgan fingerprint density at radius 1 is 1.19 bits per heavy atom. The normalized spacial score (nSPS) is 15.6. The molecule has 0 saturated carbocycles. The molecule has 1 aromatic heterocycles. The van der Waals surface area contributed by atoms with Crippen molar-refractivity contribution in [2.24, 2.45) is 4.99 Å². The Balaban J connectivity index is 1.78. The van der Waals surface area contributed by atoms with E-state index in [0.717, 1.165) is 14.6 Å². The SMILES string of the molecule is O=C1OC(c2sc3cc(Cl)ccc3c2Cl)=N/C1=C/c1cc(Br)ccc1O. The van der Waals surface area contributed by atoms with E-state index in [4.69, 9.17) is 27.9 Å². The van der Waals surface area contributed by atoms with Gasteiger partial charge in [0.15, 0.2) is 5.70 Å². The number of ether oxygens (including phenoxy) is 1. The van der Waals surface area contributed by atoms with Crippen molar-refractivity contribution in [2.45, 2.75) is 0 Å². The molecule has 2 heterocycles. The second-order valence-electron chi connectivity index (χ2n) is 5.42. The molecule has 130 valence electrons. The predicted octanol–water partition coefficient (Wildman–Crippen LogP) is 6.02. The van der Waals surface area contributed by atoms with Gasteiger partial charge in [0, 0.05) is 25.1 Å². The van der Waals surface area contributed by atoms with Crippen molar-refractivity contribution in [3.05, 3.63) is 67.1 Å². The molecule has 8 heteroatoms. The molecule has 0 bridgehead atoms. The topological polar surface area (TPSA) is 58.9 Å². The number of halogens is 3. The highest BCUT2D eigenvalue weighted by atomic mass is 79.9. The van der Waals surface area contributed by atoms with Crippen molar-refractivity contribution in [1.82, 2.24) is 0 Å². The Hall–Kier alpha value is -1.86. The number of thiophene rings is 1. The molecule has 0 spiro atoms. The highest BCUT2D eigenvalue weighted by Gasteiger charge is 2.28. The lowest BCUT2D eigenvalue weighted by Crippen LogP contribution is -2.04. The van der Waals surface area contributed by atoms with Crippen molar-refractivity contribution in [1.29, 1.82) is 0 Å². The van der Waals surface area contributed by atoms with Crippen LogP contribution in [0.2, 0.25) is 10.0 Å². The lowest BCUT2D eigenvalue weighted by Gasteiger charge is -1.99. The van der Waals surface area contributed by atoms with E-state index in [1.165, 1.54) is 23.5 Å². The van der Waals surface area contributed by atoms with Gasteiger partial charge in [-0.1, -0.05) is 45.2 Å². The third kappa shape index (κ3) is 3.14. The number of carbonyl (C=O) groups excluding carboxylic acids is 1. The van der Waals surface area contributed by atoms with Crippen LogP contribution in [-0.4, -0.2) is 17.0 Å². The van der Waals surface area contributed by atoms with E-state index in [1.54, 1.807) is 24.3 Å². The van der Waals surface area contributed by atoms with Gasteiger partial charge in [-0.15, -0.1) is 11.3 Å². The minimum absolute atomic E-state index is 0.0340. The van der Waals surface area contributed by atoms with Crippen LogP contribution >= 0.6 is 50.5 Å². The summed E-state index contributed by atoms with van der Waals surface area (Å²) in [5.74, 6) is -0.435. The highest BCUT2D eigenvalue weighted by molar-refractivity contribution is 9.10. The van der Waals surface area contributed by atoms with Crippen LogP contribution in [0, 0.1) is 0 Å². The predicted molar refractivity (Wildman–Crippen MR) is 108 cm³/mol. The second-order valence-corrected chi connectivity index (χ2v) is 8.21. The van der Waals surface area contributed by atoms with Crippen LogP contribution in [0.15, 0.2) is 51.6 Å². The number of benzene rings is 2. The van der Waals surface area contributed by atoms with Gasteiger partial charge in [0.2, 0.25) is 5.90 Å². The number of carbonyl (C=O) groups is 1.